The van der Waals surface area contributed by atoms with Crippen molar-refractivity contribution in [1.29, 1.82) is 0 Å². The molecule has 0 aliphatic carbocycles. The number of fused-ring (bicyclic) bond motifs is 2. The molecule has 12 heteroatoms. The lowest BCUT2D eigenvalue weighted by molar-refractivity contribution is 0.182. The zero-order valence-electron chi connectivity index (χ0n) is 40.3. The third-order valence-corrected chi connectivity index (χ3v) is 12.2. The van der Waals surface area contributed by atoms with E-state index in [1.165, 1.54) is 0 Å². The maximum absolute atomic E-state index is 6.76. The van der Waals surface area contributed by atoms with Gasteiger partial charge in [-0.15, -0.1) is 0 Å². The summed E-state index contributed by atoms with van der Waals surface area (Å²) < 4.78 is 63.6. The number of benzene rings is 4. The summed E-state index contributed by atoms with van der Waals surface area (Å²) >= 11 is 0. The SMILES string of the molecule is COCc1c(OC)c(OC)c(C(C)C)c2cc(C3=N[C@@H](C(C)(C)C)CO3)c(-c3c(C4=N[C@@H](C(C)(C)C)CO4)cc4c(C(C)C)c(OC)c(OC)c(COC)c4c3OC)c(OC)c12. The first-order valence-corrected chi connectivity index (χ1v) is 21.4. The lowest BCUT2D eigenvalue weighted by Gasteiger charge is -2.28. The van der Waals surface area contributed by atoms with Crippen LogP contribution < -0.4 is 28.4 Å². The number of ether oxygens (including phenoxy) is 10. The van der Waals surface area contributed by atoms with Gasteiger partial charge < -0.3 is 47.4 Å². The van der Waals surface area contributed by atoms with E-state index in [0.29, 0.717) is 81.8 Å². The number of nitrogens with zero attached hydrogens (tertiary/aromatic N) is 2. The van der Waals surface area contributed by atoms with Crippen LogP contribution in [0.2, 0.25) is 0 Å². The van der Waals surface area contributed by atoms with Crippen molar-refractivity contribution in [2.24, 2.45) is 20.8 Å². The molecule has 0 N–H and O–H groups in total. The van der Waals surface area contributed by atoms with E-state index in [2.05, 4.69) is 81.4 Å². The van der Waals surface area contributed by atoms with Crippen molar-refractivity contribution in [3.8, 4) is 45.6 Å². The number of aliphatic imine (C=N–C) groups is 2. The summed E-state index contributed by atoms with van der Waals surface area (Å²) in [5.74, 6) is 4.45. The minimum Gasteiger partial charge on any atom is -0.495 e. The molecule has 6 rings (SSSR count). The van der Waals surface area contributed by atoms with Gasteiger partial charge in [0.25, 0.3) is 0 Å². The monoisotopic (exact) mass is 856 g/mol. The fourth-order valence-electron chi connectivity index (χ4n) is 9.05. The van der Waals surface area contributed by atoms with Gasteiger partial charge in [-0.2, -0.15) is 0 Å². The average Bonchev–Trinajstić information content (AvgIpc) is 3.93. The smallest absolute Gasteiger partial charge is 0.217 e. The van der Waals surface area contributed by atoms with Crippen molar-refractivity contribution in [3.05, 3.63) is 45.5 Å². The van der Waals surface area contributed by atoms with E-state index in [9.17, 15) is 0 Å². The zero-order valence-corrected chi connectivity index (χ0v) is 40.3. The summed E-state index contributed by atoms with van der Waals surface area (Å²) in [5.41, 5.74) is 5.83. The molecule has 0 unspecified atom stereocenters. The van der Waals surface area contributed by atoms with Crippen molar-refractivity contribution in [3.63, 3.8) is 0 Å². The molecule has 0 spiro atoms. The quantitative estimate of drug-likeness (QED) is 0.114. The Bertz CT molecular complexity index is 2230. The highest BCUT2D eigenvalue weighted by molar-refractivity contribution is 6.19. The molecule has 0 bridgehead atoms. The fraction of sp³-hybridized carbons (Fsp3) is 0.560. The van der Waals surface area contributed by atoms with Gasteiger partial charge in [0.1, 0.15) is 24.7 Å². The molecule has 2 atom stereocenters. The van der Waals surface area contributed by atoms with Crippen LogP contribution in [0.3, 0.4) is 0 Å². The van der Waals surface area contributed by atoms with Crippen molar-refractivity contribution in [2.75, 3.05) is 70.1 Å². The molecule has 0 aromatic heterocycles. The predicted octanol–water partition coefficient (Wildman–Crippen LogP) is 10.6. The molecule has 12 nitrogen and oxygen atoms in total. The second-order valence-electron chi connectivity index (χ2n) is 18.9. The average molecular weight is 857 g/mol. The minimum atomic E-state index is -0.174. The lowest BCUT2D eigenvalue weighted by atomic mass is 9.82. The van der Waals surface area contributed by atoms with E-state index in [4.69, 9.17) is 57.4 Å². The van der Waals surface area contributed by atoms with Crippen LogP contribution in [0.5, 0.6) is 34.5 Å². The molecule has 2 heterocycles. The molecule has 0 saturated carbocycles. The fourth-order valence-corrected chi connectivity index (χ4v) is 9.05. The van der Waals surface area contributed by atoms with Gasteiger partial charge in [-0.1, -0.05) is 69.2 Å². The van der Waals surface area contributed by atoms with Gasteiger partial charge in [0.15, 0.2) is 23.0 Å². The van der Waals surface area contributed by atoms with Crippen molar-refractivity contribution >= 4 is 33.3 Å². The second-order valence-corrected chi connectivity index (χ2v) is 18.9. The van der Waals surface area contributed by atoms with E-state index < -0.39 is 0 Å². The standard InChI is InChI=1S/C50H68N2O10/c1-25(2)35-27-19-29(47-51-33(23-61-47)49(5,6)7)39(43(57-15)37(27)31(21-53-11)41(55-13)45(35)59-17)40-30(48-52-34(24-62-48)50(8,9)10)20-28-36(26(3)4)46(60-18)42(56-14)32(22-54-12)38(28)44(40)58-16/h19-20,25-26,33-34H,21-24H2,1-18H3/t33-,34-/m1/s1. The number of rotatable bonds is 15. The van der Waals surface area contributed by atoms with E-state index >= 15 is 0 Å². The molecule has 2 aliphatic heterocycles. The van der Waals surface area contributed by atoms with Gasteiger partial charge in [0.2, 0.25) is 11.8 Å². The Morgan fingerprint density at radius 3 is 1.08 bits per heavy atom. The molecule has 4 aromatic rings. The highest BCUT2D eigenvalue weighted by Gasteiger charge is 2.40. The first-order chi connectivity index (χ1) is 29.4. The normalized spacial score (nSPS) is 16.8. The third-order valence-electron chi connectivity index (χ3n) is 12.2. The minimum absolute atomic E-state index is 0.00459. The highest BCUT2D eigenvalue weighted by atomic mass is 16.5. The molecule has 338 valence electrons. The topological polar surface area (TPSA) is 117 Å². The molecule has 0 radical (unpaired) electrons. The Morgan fingerprint density at radius 2 is 0.839 bits per heavy atom. The number of hydrogen-bond donors (Lipinski definition) is 0. The molecule has 62 heavy (non-hydrogen) atoms. The van der Waals surface area contributed by atoms with Crippen LogP contribution in [0.4, 0.5) is 0 Å². The number of hydrogen-bond acceptors (Lipinski definition) is 12. The van der Waals surface area contributed by atoms with E-state index in [-0.39, 0.29) is 48.0 Å². The van der Waals surface area contributed by atoms with Crippen molar-refractivity contribution in [2.45, 2.75) is 106 Å². The van der Waals surface area contributed by atoms with Gasteiger partial charge in [-0.25, -0.2) is 9.98 Å². The van der Waals surface area contributed by atoms with Gasteiger partial charge in [-0.3, -0.25) is 0 Å². The Labute approximate surface area is 368 Å². The van der Waals surface area contributed by atoms with Crippen LogP contribution >= 0.6 is 0 Å². The third kappa shape index (κ3) is 7.86. The van der Waals surface area contributed by atoms with Crippen LogP contribution in [0.1, 0.15) is 114 Å². The van der Waals surface area contributed by atoms with Gasteiger partial charge in [0, 0.05) is 69.5 Å². The summed E-state index contributed by atoms with van der Waals surface area (Å²) in [6.45, 7) is 22.9. The van der Waals surface area contributed by atoms with Crippen molar-refractivity contribution < 1.29 is 47.4 Å². The molecule has 2 aliphatic rings. The molecule has 0 amide bonds. The largest absolute Gasteiger partial charge is 0.495 e. The summed E-state index contributed by atoms with van der Waals surface area (Å²) in [7, 11) is 13.4. The summed E-state index contributed by atoms with van der Waals surface area (Å²) in [6.07, 6.45) is 0. The zero-order chi connectivity index (χ0) is 45.6. The number of methoxy groups -OCH3 is 8. The first-order valence-electron chi connectivity index (χ1n) is 21.4. The lowest BCUT2D eigenvalue weighted by Crippen LogP contribution is -2.25. The molecule has 0 fully saturated rings. The second kappa shape index (κ2) is 18.0. The molecule has 0 saturated heterocycles. The van der Waals surface area contributed by atoms with Gasteiger partial charge in [0.05, 0.1) is 68.0 Å². The first kappa shape index (κ1) is 46.6. The predicted molar refractivity (Wildman–Crippen MR) is 247 cm³/mol. The maximum Gasteiger partial charge on any atom is 0.217 e. The maximum atomic E-state index is 6.76. The summed E-state index contributed by atoms with van der Waals surface area (Å²) in [5, 5.41) is 3.37. The van der Waals surface area contributed by atoms with Crippen LogP contribution in [-0.4, -0.2) is 94.0 Å². The van der Waals surface area contributed by atoms with Gasteiger partial charge in [-0.05, 0) is 45.6 Å². The van der Waals surface area contributed by atoms with Crippen LogP contribution in [0.25, 0.3) is 32.7 Å². The van der Waals surface area contributed by atoms with Crippen LogP contribution in [0.15, 0.2) is 22.1 Å². The van der Waals surface area contributed by atoms with E-state index in [0.717, 1.165) is 43.8 Å². The molecular formula is C50H68N2O10. The Kier molecular flexibility index (Phi) is 13.5. The Morgan fingerprint density at radius 1 is 0.516 bits per heavy atom. The molecule has 4 aromatic carbocycles. The van der Waals surface area contributed by atoms with E-state index in [1.54, 1.807) is 56.9 Å². The van der Waals surface area contributed by atoms with Gasteiger partial charge >= 0.3 is 0 Å². The Hall–Kier alpha value is -4.94. The highest BCUT2D eigenvalue weighted by Crippen LogP contribution is 2.57. The Balaban J connectivity index is 2.01. The molecular weight excluding hydrogens is 789 g/mol. The summed E-state index contributed by atoms with van der Waals surface area (Å²) in [6, 6.07) is 4.08. The van der Waals surface area contributed by atoms with Crippen molar-refractivity contribution in [1.82, 2.24) is 0 Å². The summed E-state index contributed by atoms with van der Waals surface area (Å²) in [4.78, 5) is 10.7. The van der Waals surface area contributed by atoms with E-state index in [1.807, 2.05) is 0 Å². The van der Waals surface area contributed by atoms with Crippen LogP contribution in [0, 0.1) is 10.8 Å². The van der Waals surface area contributed by atoms with Crippen LogP contribution in [-0.2, 0) is 32.2 Å².